The minimum Gasteiger partial charge on any atom is -0.344 e. The van der Waals surface area contributed by atoms with Gasteiger partial charge < -0.3 is 5.32 Å². The summed E-state index contributed by atoms with van der Waals surface area (Å²) in [4.78, 5) is 18.1. The maximum absolute atomic E-state index is 14.2. The molecular formula is C18H21F2N3O. The van der Waals surface area contributed by atoms with Crippen LogP contribution in [0, 0.1) is 11.6 Å². The zero-order chi connectivity index (χ0) is 17.7. The van der Waals surface area contributed by atoms with E-state index in [0.29, 0.717) is 5.56 Å². The minimum atomic E-state index is -0.781. The Labute approximate surface area is 140 Å². The number of nitrogens with zero attached hydrogens (tertiary/aromatic N) is 2. The van der Waals surface area contributed by atoms with Gasteiger partial charge in [-0.25, -0.2) is 8.78 Å². The Hall–Kier alpha value is -2.34. The van der Waals surface area contributed by atoms with E-state index in [2.05, 4.69) is 10.3 Å². The van der Waals surface area contributed by atoms with E-state index in [4.69, 9.17) is 0 Å². The Morgan fingerprint density at radius 1 is 1.21 bits per heavy atom. The van der Waals surface area contributed by atoms with Crippen molar-refractivity contribution in [1.29, 1.82) is 0 Å². The molecule has 0 aliphatic carbocycles. The van der Waals surface area contributed by atoms with E-state index < -0.39 is 17.7 Å². The van der Waals surface area contributed by atoms with E-state index in [1.54, 1.807) is 24.5 Å². The molecule has 6 heteroatoms. The number of carbonyl (C=O) groups excluding carboxylic acids is 1. The highest BCUT2D eigenvalue weighted by molar-refractivity contribution is 5.79. The first kappa shape index (κ1) is 18.0. The zero-order valence-corrected chi connectivity index (χ0v) is 14.0. The number of nitrogens with one attached hydrogen (secondary N) is 1. The van der Waals surface area contributed by atoms with Gasteiger partial charge in [-0.1, -0.05) is 0 Å². The number of halogens is 2. The maximum atomic E-state index is 14.2. The van der Waals surface area contributed by atoms with Crippen molar-refractivity contribution in [3.63, 3.8) is 0 Å². The molecule has 0 saturated carbocycles. The van der Waals surface area contributed by atoms with Gasteiger partial charge in [0.2, 0.25) is 5.91 Å². The summed E-state index contributed by atoms with van der Waals surface area (Å²) in [6.45, 7) is 4.11. The van der Waals surface area contributed by atoms with Gasteiger partial charge in [0.25, 0.3) is 0 Å². The van der Waals surface area contributed by atoms with Crippen LogP contribution in [0.1, 0.15) is 31.0 Å². The molecule has 1 aromatic carbocycles. The van der Waals surface area contributed by atoms with Crippen LogP contribution >= 0.6 is 0 Å². The second-order valence-corrected chi connectivity index (χ2v) is 5.96. The van der Waals surface area contributed by atoms with Crippen LogP contribution in [-0.4, -0.2) is 35.4 Å². The van der Waals surface area contributed by atoms with Gasteiger partial charge in [-0.15, -0.1) is 0 Å². The van der Waals surface area contributed by atoms with Gasteiger partial charge >= 0.3 is 0 Å². The van der Waals surface area contributed by atoms with E-state index in [1.807, 2.05) is 25.8 Å². The fraction of sp³-hybridized carbons (Fsp3) is 0.333. The third kappa shape index (κ3) is 4.58. The van der Waals surface area contributed by atoms with Crippen LogP contribution in [0.4, 0.5) is 8.78 Å². The molecule has 0 fully saturated rings. The first-order chi connectivity index (χ1) is 11.4. The number of amides is 1. The standard InChI is InChI=1S/C18H21F2N3O/c1-12(2)23(3)11-17(24)22-18(13-6-8-21-9-7-13)15-10-14(19)4-5-16(15)20/h4-10,12,18H,11H2,1-3H3,(H,22,24)/t18-/m0/s1. The molecule has 1 aromatic heterocycles. The molecule has 2 aromatic rings. The van der Waals surface area contributed by atoms with Crippen molar-refractivity contribution in [2.24, 2.45) is 0 Å². The lowest BCUT2D eigenvalue weighted by Crippen LogP contribution is -2.40. The van der Waals surface area contributed by atoms with Gasteiger partial charge in [0, 0.05) is 24.0 Å². The van der Waals surface area contributed by atoms with Crippen LogP contribution in [0.25, 0.3) is 0 Å². The Morgan fingerprint density at radius 3 is 2.50 bits per heavy atom. The molecule has 0 aliphatic rings. The molecule has 24 heavy (non-hydrogen) atoms. The van der Waals surface area contributed by atoms with Crippen LogP contribution in [-0.2, 0) is 4.79 Å². The molecule has 1 heterocycles. The summed E-state index contributed by atoms with van der Waals surface area (Å²) in [6.07, 6.45) is 3.10. The molecule has 0 aliphatic heterocycles. The number of likely N-dealkylation sites (N-methyl/N-ethyl adjacent to an activating group) is 1. The number of hydrogen-bond acceptors (Lipinski definition) is 3. The van der Waals surface area contributed by atoms with Crippen LogP contribution in [0.2, 0.25) is 0 Å². The van der Waals surface area contributed by atoms with Gasteiger partial charge in [0.1, 0.15) is 11.6 Å². The third-order valence-electron chi connectivity index (χ3n) is 3.89. The van der Waals surface area contributed by atoms with Crippen molar-refractivity contribution in [1.82, 2.24) is 15.2 Å². The molecule has 0 radical (unpaired) electrons. The second kappa shape index (κ2) is 7.97. The minimum absolute atomic E-state index is 0.0850. The molecule has 1 atom stereocenters. The molecule has 1 amide bonds. The predicted molar refractivity (Wildman–Crippen MR) is 88.3 cm³/mol. The van der Waals surface area contributed by atoms with Gasteiger partial charge in [-0.2, -0.15) is 0 Å². The molecular weight excluding hydrogens is 312 g/mol. The highest BCUT2D eigenvalue weighted by atomic mass is 19.1. The van der Waals surface area contributed by atoms with Crippen LogP contribution < -0.4 is 5.32 Å². The highest BCUT2D eigenvalue weighted by Gasteiger charge is 2.22. The van der Waals surface area contributed by atoms with Crippen molar-refractivity contribution in [3.8, 4) is 0 Å². The highest BCUT2D eigenvalue weighted by Crippen LogP contribution is 2.25. The smallest absolute Gasteiger partial charge is 0.234 e. The number of rotatable bonds is 6. The first-order valence-electron chi connectivity index (χ1n) is 7.73. The fourth-order valence-electron chi connectivity index (χ4n) is 2.25. The number of pyridine rings is 1. The number of carbonyl (C=O) groups is 1. The molecule has 2 rings (SSSR count). The zero-order valence-electron chi connectivity index (χ0n) is 14.0. The van der Waals surface area contributed by atoms with Gasteiger partial charge in [-0.3, -0.25) is 14.7 Å². The molecule has 4 nitrogen and oxygen atoms in total. The number of benzene rings is 1. The lowest BCUT2D eigenvalue weighted by atomic mass is 9.99. The molecule has 128 valence electrons. The van der Waals surface area contributed by atoms with Gasteiger partial charge in [-0.05, 0) is 56.8 Å². The Kier molecular flexibility index (Phi) is 5.98. The molecule has 1 N–H and O–H groups in total. The van der Waals surface area contributed by atoms with Crippen molar-refractivity contribution >= 4 is 5.91 Å². The summed E-state index contributed by atoms with van der Waals surface area (Å²) >= 11 is 0. The Morgan fingerprint density at radius 2 is 1.88 bits per heavy atom. The van der Waals surface area contributed by atoms with Crippen molar-refractivity contribution in [2.45, 2.75) is 25.9 Å². The lowest BCUT2D eigenvalue weighted by molar-refractivity contribution is -0.122. The van der Waals surface area contributed by atoms with E-state index in [1.165, 1.54) is 0 Å². The van der Waals surface area contributed by atoms with E-state index in [0.717, 1.165) is 18.2 Å². The van der Waals surface area contributed by atoms with Crippen LogP contribution in [0.15, 0.2) is 42.7 Å². The van der Waals surface area contributed by atoms with Gasteiger partial charge in [0.05, 0.1) is 12.6 Å². The normalized spacial score (nSPS) is 12.5. The Bertz CT molecular complexity index is 692. The maximum Gasteiger partial charge on any atom is 0.234 e. The molecule has 0 saturated heterocycles. The van der Waals surface area contributed by atoms with E-state index in [-0.39, 0.29) is 24.1 Å². The second-order valence-electron chi connectivity index (χ2n) is 5.96. The Balaban J connectivity index is 2.31. The largest absolute Gasteiger partial charge is 0.344 e. The van der Waals surface area contributed by atoms with E-state index >= 15 is 0 Å². The molecule has 0 bridgehead atoms. The first-order valence-corrected chi connectivity index (χ1v) is 7.73. The third-order valence-corrected chi connectivity index (χ3v) is 3.89. The molecule has 0 unspecified atom stereocenters. The monoisotopic (exact) mass is 333 g/mol. The summed E-state index contributed by atoms with van der Waals surface area (Å²) in [6, 6.07) is 5.97. The van der Waals surface area contributed by atoms with Crippen LogP contribution in [0.5, 0.6) is 0 Å². The summed E-state index contributed by atoms with van der Waals surface area (Å²) < 4.78 is 27.8. The topological polar surface area (TPSA) is 45.2 Å². The van der Waals surface area contributed by atoms with Crippen molar-refractivity contribution < 1.29 is 13.6 Å². The summed E-state index contributed by atoms with van der Waals surface area (Å²) in [5, 5.41) is 2.79. The predicted octanol–water partition coefficient (Wildman–Crippen LogP) is 2.91. The summed E-state index contributed by atoms with van der Waals surface area (Å²) in [5.74, 6) is -1.40. The average Bonchev–Trinajstić information content (AvgIpc) is 2.55. The summed E-state index contributed by atoms with van der Waals surface area (Å²) in [7, 11) is 1.83. The summed E-state index contributed by atoms with van der Waals surface area (Å²) in [5.41, 5.74) is 0.719. The van der Waals surface area contributed by atoms with E-state index in [9.17, 15) is 13.6 Å². The SMILES string of the molecule is CC(C)N(C)CC(=O)N[C@@H](c1ccncc1)c1cc(F)ccc1F. The van der Waals surface area contributed by atoms with Crippen LogP contribution in [0.3, 0.4) is 0 Å². The quantitative estimate of drug-likeness (QED) is 0.884. The lowest BCUT2D eigenvalue weighted by Gasteiger charge is -2.24. The molecule has 0 spiro atoms. The number of aromatic nitrogens is 1. The van der Waals surface area contributed by atoms with Crippen molar-refractivity contribution in [3.05, 3.63) is 65.5 Å². The fourth-order valence-corrected chi connectivity index (χ4v) is 2.25. The van der Waals surface area contributed by atoms with Gasteiger partial charge in [0.15, 0.2) is 0 Å². The number of hydrogen-bond donors (Lipinski definition) is 1. The van der Waals surface area contributed by atoms with Crippen molar-refractivity contribution in [2.75, 3.05) is 13.6 Å². The average molecular weight is 333 g/mol.